The van der Waals surface area contributed by atoms with E-state index in [1.54, 1.807) is 18.0 Å². The van der Waals surface area contributed by atoms with Gasteiger partial charge in [0, 0.05) is 29.6 Å². The zero-order chi connectivity index (χ0) is 35.4. The molecule has 1 heterocycles. The van der Waals surface area contributed by atoms with Crippen molar-refractivity contribution >= 4 is 34.4 Å². The van der Waals surface area contributed by atoms with E-state index in [9.17, 15) is 19.5 Å². The Hall–Kier alpha value is -5.19. The van der Waals surface area contributed by atoms with Crippen LogP contribution in [0.2, 0.25) is 0 Å². The number of carbonyl (C=O) groups is 3. The lowest BCUT2D eigenvalue weighted by atomic mass is 9.98. The quantitative estimate of drug-likeness (QED) is 0.157. The zero-order valence-corrected chi connectivity index (χ0v) is 28.7. The number of rotatable bonds is 12. The number of ether oxygens (including phenoxy) is 1. The summed E-state index contributed by atoms with van der Waals surface area (Å²) >= 11 is 0. The molecule has 50 heavy (non-hydrogen) atoms. The summed E-state index contributed by atoms with van der Waals surface area (Å²) in [7, 11) is 0. The molecule has 0 aromatic heterocycles. The van der Waals surface area contributed by atoms with Gasteiger partial charge < -0.3 is 31.1 Å². The molecule has 0 unspecified atom stereocenters. The fraction of sp³-hybridized carbons (Fsp3) is 0.325. The lowest BCUT2D eigenvalue weighted by molar-refractivity contribution is -0.129. The van der Waals surface area contributed by atoms with Gasteiger partial charge >= 0.3 is 6.09 Å². The van der Waals surface area contributed by atoms with Gasteiger partial charge in [0.2, 0.25) is 11.8 Å². The van der Waals surface area contributed by atoms with Crippen molar-refractivity contribution in [3.63, 3.8) is 0 Å². The van der Waals surface area contributed by atoms with Crippen molar-refractivity contribution in [2.24, 2.45) is 11.7 Å². The number of benzene rings is 4. The van der Waals surface area contributed by atoms with E-state index >= 15 is 0 Å². The Bertz CT molecular complexity index is 1860. The average molecular weight is 676 g/mol. The molecule has 0 saturated heterocycles. The van der Waals surface area contributed by atoms with Crippen LogP contribution in [0, 0.1) is 5.92 Å². The van der Waals surface area contributed by atoms with Crippen LogP contribution >= 0.6 is 0 Å². The molecule has 1 aliphatic heterocycles. The van der Waals surface area contributed by atoms with Gasteiger partial charge in [0.25, 0.3) is 0 Å². The van der Waals surface area contributed by atoms with Crippen LogP contribution in [-0.4, -0.2) is 65.9 Å². The first-order chi connectivity index (χ1) is 24.1. The molecule has 260 valence electrons. The molecule has 0 saturated carbocycles. The van der Waals surface area contributed by atoms with Crippen LogP contribution in [0.4, 0.5) is 10.5 Å². The van der Waals surface area contributed by atoms with Gasteiger partial charge in [-0.2, -0.15) is 0 Å². The maximum absolute atomic E-state index is 13.9. The van der Waals surface area contributed by atoms with Gasteiger partial charge in [0.1, 0.15) is 19.3 Å². The molecular formula is C40H45N5O5. The summed E-state index contributed by atoms with van der Waals surface area (Å²) in [6, 6.07) is 27.7. The highest BCUT2D eigenvalue weighted by molar-refractivity contribution is 5.96. The molecule has 3 atom stereocenters. The number of hydrogen-bond acceptors (Lipinski definition) is 7. The molecule has 1 aliphatic carbocycles. The van der Waals surface area contributed by atoms with E-state index in [2.05, 4.69) is 22.8 Å². The summed E-state index contributed by atoms with van der Waals surface area (Å²) in [5.41, 5.74) is 11.9. The molecule has 10 heteroatoms. The Kier molecular flexibility index (Phi) is 10.5. The van der Waals surface area contributed by atoms with E-state index in [4.69, 9.17) is 10.5 Å². The number of nitrogens with one attached hydrogen (secondary N) is 2. The lowest BCUT2D eigenvalue weighted by Gasteiger charge is -2.28. The zero-order valence-electron chi connectivity index (χ0n) is 28.7. The molecule has 0 fully saturated rings. The van der Waals surface area contributed by atoms with Gasteiger partial charge in [0.15, 0.2) is 0 Å². The highest BCUT2D eigenvalue weighted by atomic mass is 16.5. The third-order valence-corrected chi connectivity index (χ3v) is 9.36. The predicted octanol–water partition coefficient (Wildman–Crippen LogP) is 5.46. The number of aliphatic hydroxyl groups is 1. The van der Waals surface area contributed by atoms with Gasteiger partial charge in [0.05, 0.1) is 24.4 Å². The molecule has 10 nitrogen and oxygen atoms in total. The Morgan fingerprint density at radius 2 is 1.52 bits per heavy atom. The van der Waals surface area contributed by atoms with Crippen LogP contribution in [0.5, 0.6) is 0 Å². The second-order valence-corrected chi connectivity index (χ2v) is 13.5. The van der Waals surface area contributed by atoms with Crippen molar-refractivity contribution in [2.75, 3.05) is 24.8 Å². The van der Waals surface area contributed by atoms with E-state index < -0.39 is 30.1 Å². The minimum atomic E-state index is -1.08. The SMILES string of the molecule is CC(C)C[C@@H](CO)NC(=O)[C@H](CC1=CN(C(=O)[C@H](C)N)CN1c1cccc2ccccc12)NC(=O)OCC1c2ccccc2-c2ccccc21. The van der Waals surface area contributed by atoms with Crippen LogP contribution in [0.15, 0.2) is 103 Å². The van der Waals surface area contributed by atoms with Crippen molar-refractivity contribution in [2.45, 2.75) is 57.7 Å². The molecule has 2 aliphatic rings. The maximum Gasteiger partial charge on any atom is 0.407 e. The highest BCUT2D eigenvalue weighted by Crippen LogP contribution is 2.44. The number of aliphatic hydroxyl groups excluding tert-OH is 1. The van der Waals surface area contributed by atoms with Crippen molar-refractivity contribution in [1.29, 1.82) is 0 Å². The van der Waals surface area contributed by atoms with Crippen LogP contribution < -0.4 is 21.3 Å². The Labute approximate surface area is 292 Å². The summed E-state index contributed by atoms with van der Waals surface area (Å²) in [4.78, 5) is 44.2. The standard InChI is InChI=1S/C40H45N5O5/c1-25(2)19-28(22-46)42-38(47)36(43-40(49)50-23-35-33-16-8-6-14-31(33)32-15-7-9-17-34(32)35)20-29-21-44(39(48)26(3)41)24-45(29)37-18-10-12-27-11-4-5-13-30(27)37/h4-18,21,25-26,28,35-36,46H,19-20,22-24,41H2,1-3H3,(H,42,47)(H,43,49)/t26-,28-,36-/m0/s1. The van der Waals surface area contributed by atoms with E-state index in [1.165, 1.54) is 0 Å². The topological polar surface area (TPSA) is 137 Å². The molecule has 0 spiro atoms. The summed E-state index contributed by atoms with van der Waals surface area (Å²) in [5.74, 6) is -0.664. The summed E-state index contributed by atoms with van der Waals surface area (Å²) < 4.78 is 5.85. The third kappa shape index (κ3) is 7.36. The second kappa shape index (κ2) is 15.1. The predicted molar refractivity (Wildman–Crippen MR) is 195 cm³/mol. The lowest BCUT2D eigenvalue weighted by Crippen LogP contribution is -2.51. The summed E-state index contributed by atoms with van der Waals surface area (Å²) in [6.45, 7) is 5.68. The first kappa shape index (κ1) is 34.7. The average Bonchev–Trinajstić information content (AvgIpc) is 3.68. The van der Waals surface area contributed by atoms with Crippen LogP contribution in [0.1, 0.15) is 50.7 Å². The number of nitrogens with zero attached hydrogens (tertiary/aromatic N) is 2. The summed E-state index contributed by atoms with van der Waals surface area (Å²) in [5, 5.41) is 17.8. The Balaban J connectivity index is 1.27. The Morgan fingerprint density at radius 3 is 2.18 bits per heavy atom. The highest BCUT2D eigenvalue weighted by Gasteiger charge is 2.34. The first-order valence-electron chi connectivity index (χ1n) is 17.2. The van der Waals surface area contributed by atoms with E-state index in [-0.39, 0.29) is 44.0 Å². The summed E-state index contributed by atoms with van der Waals surface area (Å²) in [6.07, 6.45) is 1.56. The van der Waals surface area contributed by atoms with Crippen LogP contribution in [0.25, 0.3) is 21.9 Å². The van der Waals surface area contributed by atoms with Crippen molar-refractivity contribution < 1.29 is 24.2 Å². The minimum Gasteiger partial charge on any atom is -0.449 e. The van der Waals surface area contributed by atoms with Crippen LogP contribution in [0.3, 0.4) is 0 Å². The number of fused-ring (bicyclic) bond motifs is 4. The van der Waals surface area contributed by atoms with Crippen LogP contribution in [-0.2, 0) is 14.3 Å². The van der Waals surface area contributed by atoms with Crippen molar-refractivity contribution in [3.8, 4) is 11.1 Å². The van der Waals surface area contributed by atoms with Gasteiger partial charge in [-0.3, -0.25) is 14.5 Å². The van der Waals surface area contributed by atoms with E-state index in [1.807, 2.05) is 97.6 Å². The normalized spacial score (nSPS) is 15.7. The second-order valence-electron chi connectivity index (χ2n) is 13.5. The number of carbonyl (C=O) groups excluding carboxylic acids is 3. The maximum atomic E-state index is 13.9. The van der Waals surface area contributed by atoms with E-state index in [0.717, 1.165) is 38.7 Å². The Morgan fingerprint density at radius 1 is 0.880 bits per heavy atom. The van der Waals surface area contributed by atoms with Gasteiger partial charge in [-0.25, -0.2) is 4.79 Å². The fourth-order valence-corrected chi connectivity index (χ4v) is 7.02. The fourth-order valence-electron chi connectivity index (χ4n) is 7.02. The van der Waals surface area contributed by atoms with Gasteiger partial charge in [-0.05, 0) is 53.0 Å². The molecule has 0 radical (unpaired) electrons. The number of anilines is 1. The van der Waals surface area contributed by atoms with Crippen molar-refractivity contribution in [3.05, 3.63) is 114 Å². The van der Waals surface area contributed by atoms with Gasteiger partial charge in [-0.1, -0.05) is 98.8 Å². The number of amides is 3. The molecule has 3 amide bonds. The monoisotopic (exact) mass is 675 g/mol. The van der Waals surface area contributed by atoms with Crippen molar-refractivity contribution in [1.82, 2.24) is 15.5 Å². The molecule has 4 aromatic carbocycles. The molecule has 4 aromatic rings. The number of hydrogen-bond donors (Lipinski definition) is 4. The largest absolute Gasteiger partial charge is 0.449 e. The van der Waals surface area contributed by atoms with E-state index in [0.29, 0.717) is 12.1 Å². The number of nitrogens with two attached hydrogens (primary N) is 1. The smallest absolute Gasteiger partial charge is 0.407 e. The molecular weight excluding hydrogens is 630 g/mol. The van der Waals surface area contributed by atoms with Gasteiger partial charge in [-0.15, -0.1) is 0 Å². The molecule has 0 bridgehead atoms. The first-order valence-corrected chi connectivity index (χ1v) is 17.2. The minimum absolute atomic E-state index is 0.0435. The molecule has 5 N–H and O–H groups in total. The molecule has 6 rings (SSSR count). The number of alkyl carbamates (subject to hydrolysis) is 1. The third-order valence-electron chi connectivity index (χ3n) is 9.36.